The van der Waals surface area contributed by atoms with Crippen LogP contribution in [0.3, 0.4) is 0 Å². The topological polar surface area (TPSA) is 20.2 Å². The van der Waals surface area contributed by atoms with Gasteiger partial charge >= 0.3 is 0 Å². The average molecular weight is 248 g/mol. The molecule has 1 N–H and O–H groups in total. The highest BCUT2D eigenvalue weighted by Gasteiger charge is 2.11. The summed E-state index contributed by atoms with van der Waals surface area (Å²) in [5.41, 5.74) is 4.37. The number of rotatable bonds is 1. The van der Waals surface area contributed by atoms with Crippen LogP contribution >= 0.6 is 0 Å². The lowest BCUT2D eigenvalue weighted by Gasteiger charge is -2.13. The Balaban J connectivity index is 2.41. The fourth-order valence-electron chi connectivity index (χ4n) is 2.59. The lowest BCUT2D eigenvalue weighted by Crippen LogP contribution is -1.88. The van der Waals surface area contributed by atoms with Gasteiger partial charge in [0.15, 0.2) is 0 Å². The van der Waals surface area contributed by atoms with E-state index in [2.05, 4.69) is 31.2 Å². The number of hydrogen-bond donors (Lipinski definition) is 1. The number of aryl methyl sites for hydroxylation is 2. The maximum Gasteiger partial charge on any atom is 0.123 e. The molecule has 19 heavy (non-hydrogen) atoms. The number of benzene rings is 3. The van der Waals surface area contributed by atoms with E-state index in [0.29, 0.717) is 5.75 Å². The molecule has 0 heterocycles. The molecular weight excluding hydrogens is 232 g/mol. The van der Waals surface area contributed by atoms with Crippen LogP contribution in [-0.2, 0) is 0 Å². The van der Waals surface area contributed by atoms with Gasteiger partial charge in [-0.3, -0.25) is 0 Å². The van der Waals surface area contributed by atoms with Crippen LogP contribution in [0, 0.1) is 13.8 Å². The van der Waals surface area contributed by atoms with Crippen molar-refractivity contribution in [2.45, 2.75) is 13.8 Å². The molecule has 0 saturated carbocycles. The van der Waals surface area contributed by atoms with Crippen LogP contribution in [-0.4, -0.2) is 5.11 Å². The first-order valence-electron chi connectivity index (χ1n) is 6.45. The molecule has 0 aromatic heterocycles. The van der Waals surface area contributed by atoms with Crippen LogP contribution in [0.4, 0.5) is 0 Å². The normalized spacial score (nSPS) is 10.8. The van der Waals surface area contributed by atoms with E-state index in [-0.39, 0.29) is 0 Å². The molecule has 0 aliphatic carbocycles. The van der Waals surface area contributed by atoms with Crippen LogP contribution in [0.2, 0.25) is 0 Å². The smallest absolute Gasteiger partial charge is 0.123 e. The van der Waals surface area contributed by atoms with Crippen LogP contribution in [0.1, 0.15) is 11.1 Å². The summed E-state index contributed by atoms with van der Waals surface area (Å²) in [6, 6.07) is 18.3. The van der Waals surface area contributed by atoms with Crippen molar-refractivity contribution in [1.82, 2.24) is 0 Å². The largest absolute Gasteiger partial charge is 0.507 e. The molecule has 0 unspecified atom stereocenters. The van der Waals surface area contributed by atoms with Gasteiger partial charge in [-0.15, -0.1) is 0 Å². The summed E-state index contributed by atoms with van der Waals surface area (Å²) >= 11 is 0. The molecule has 0 saturated heterocycles. The molecule has 94 valence electrons. The molecular formula is C18H16O. The summed E-state index contributed by atoms with van der Waals surface area (Å²) in [6.45, 7) is 4.13. The number of fused-ring (bicyclic) bond motifs is 1. The zero-order valence-corrected chi connectivity index (χ0v) is 11.1. The predicted molar refractivity (Wildman–Crippen MR) is 80.5 cm³/mol. The third-order valence-electron chi connectivity index (χ3n) is 3.56. The maximum atomic E-state index is 10.2. The van der Waals surface area contributed by atoms with E-state index < -0.39 is 0 Å². The van der Waals surface area contributed by atoms with E-state index in [1.807, 2.05) is 31.2 Å². The van der Waals surface area contributed by atoms with Crippen molar-refractivity contribution < 1.29 is 5.11 Å². The third-order valence-corrected chi connectivity index (χ3v) is 3.56. The van der Waals surface area contributed by atoms with Gasteiger partial charge in [0.05, 0.1) is 0 Å². The standard InChI is InChI=1S/C18H16O/c1-12-7-10-17(19)16(11-12)18-13(2)8-9-14-5-3-4-6-15(14)18/h3-11,19H,1-2H3. The Kier molecular flexibility index (Phi) is 2.75. The van der Waals surface area contributed by atoms with E-state index in [1.54, 1.807) is 6.07 Å². The minimum Gasteiger partial charge on any atom is -0.507 e. The zero-order chi connectivity index (χ0) is 13.4. The van der Waals surface area contributed by atoms with Crippen LogP contribution in [0.25, 0.3) is 21.9 Å². The van der Waals surface area contributed by atoms with Gasteiger partial charge in [0.25, 0.3) is 0 Å². The molecule has 0 radical (unpaired) electrons. The van der Waals surface area contributed by atoms with Gasteiger partial charge < -0.3 is 5.11 Å². The molecule has 3 aromatic carbocycles. The van der Waals surface area contributed by atoms with Crippen molar-refractivity contribution in [3.05, 3.63) is 65.7 Å². The first-order chi connectivity index (χ1) is 9.16. The number of aromatic hydroxyl groups is 1. The van der Waals surface area contributed by atoms with Gasteiger partial charge in [0.1, 0.15) is 5.75 Å². The second-order valence-electron chi connectivity index (χ2n) is 5.00. The summed E-state index contributed by atoms with van der Waals surface area (Å²) in [4.78, 5) is 0. The van der Waals surface area contributed by atoms with Gasteiger partial charge in [-0.25, -0.2) is 0 Å². The second-order valence-corrected chi connectivity index (χ2v) is 5.00. The summed E-state index contributed by atoms with van der Waals surface area (Å²) in [5.74, 6) is 0.338. The SMILES string of the molecule is Cc1ccc(O)c(-c2c(C)ccc3ccccc23)c1. The Hall–Kier alpha value is -2.28. The summed E-state index contributed by atoms with van der Waals surface area (Å²) in [6.07, 6.45) is 0. The molecule has 0 amide bonds. The van der Waals surface area contributed by atoms with E-state index in [0.717, 1.165) is 16.7 Å². The summed E-state index contributed by atoms with van der Waals surface area (Å²) in [5, 5.41) is 12.6. The van der Waals surface area contributed by atoms with Crippen molar-refractivity contribution in [3.8, 4) is 16.9 Å². The van der Waals surface area contributed by atoms with Crippen LogP contribution < -0.4 is 0 Å². The van der Waals surface area contributed by atoms with Gasteiger partial charge in [-0.2, -0.15) is 0 Å². The summed E-state index contributed by atoms with van der Waals surface area (Å²) in [7, 11) is 0. The summed E-state index contributed by atoms with van der Waals surface area (Å²) < 4.78 is 0. The highest BCUT2D eigenvalue weighted by molar-refractivity contribution is 5.99. The molecule has 0 fully saturated rings. The molecule has 0 aliphatic rings. The van der Waals surface area contributed by atoms with Crippen molar-refractivity contribution >= 4 is 10.8 Å². The second kappa shape index (κ2) is 4.43. The van der Waals surface area contributed by atoms with Crippen molar-refractivity contribution in [2.24, 2.45) is 0 Å². The van der Waals surface area contributed by atoms with Gasteiger partial charge in [0, 0.05) is 5.56 Å². The van der Waals surface area contributed by atoms with E-state index in [9.17, 15) is 5.11 Å². The third kappa shape index (κ3) is 1.97. The zero-order valence-electron chi connectivity index (χ0n) is 11.1. The fourth-order valence-corrected chi connectivity index (χ4v) is 2.59. The van der Waals surface area contributed by atoms with E-state index >= 15 is 0 Å². The van der Waals surface area contributed by atoms with E-state index in [4.69, 9.17) is 0 Å². The Labute approximate surface area is 113 Å². The Morgan fingerprint density at radius 2 is 1.63 bits per heavy atom. The number of hydrogen-bond acceptors (Lipinski definition) is 1. The van der Waals surface area contributed by atoms with Crippen LogP contribution in [0.15, 0.2) is 54.6 Å². The van der Waals surface area contributed by atoms with Crippen LogP contribution in [0.5, 0.6) is 5.75 Å². The Bertz CT molecular complexity index is 757. The first kappa shape index (κ1) is 11.8. The minimum atomic E-state index is 0.338. The van der Waals surface area contributed by atoms with Gasteiger partial charge in [-0.05, 0) is 47.9 Å². The molecule has 0 aliphatic heterocycles. The predicted octanol–water partition coefficient (Wildman–Crippen LogP) is 4.83. The molecule has 0 atom stereocenters. The van der Waals surface area contributed by atoms with Gasteiger partial charge in [-0.1, -0.05) is 48.0 Å². The quantitative estimate of drug-likeness (QED) is 0.654. The number of phenols is 1. The average Bonchev–Trinajstić information content (AvgIpc) is 2.42. The maximum absolute atomic E-state index is 10.2. The highest BCUT2D eigenvalue weighted by atomic mass is 16.3. The molecule has 3 rings (SSSR count). The monoisotopic (exact) mass is 248 g/mol. The molecule has 0 bridgehead atoms. The van der Waals surface area contributed by atoms with E-state index in [1.165, 1.54) is 16.3 Å². The Morgan fingerprint density at radius 3 is 2.47 bits per heavy atom. The highest BCUT2D eigenvalue weighted by Crippen LogP contribution is 2.37. The number of phenolic OH excluding ortho intramolecular Hbond substituents is 1. The lowest BCUT2D eigenvalue weighted by molar-refractivity contribution is 0.477. The van der Waals surface area contributed by atoms with Gasteiger partial charge in [0.2, 0.25) is 0 Å². The minimum absolute atomic E-state index is 0.338. The molecule has 3 aromatic rings. The molecule has 1 nitrogen and oxygen atoms in total. The van der Waals surface area contributed by atoms with Crippen molar-refractivity contribution in [3.63, 3.8) is 0 Å². The van der Waals surface area contributed by atoms with Crippen molar-refractivity contribution in [1.29, 1.82) is 0 Å². The fraction of sp³-hybridized carbons (Fsp3) is 0.111. The molecule has 1 heteroatoms. The first-order valence-corrected chi connectivity index (χ1v) is 6.45. The van der Waals surface area contributed by atoms with Crippen molar-refractivity contribution in [2.75, 3.05) is 0 Å². The lowest BCUT2D eigenvalue weighted by atomic mass is 9.92. The molecule has 0 spiro atoms. The Morgan fingerprint density at radius 1 is 0.842 bits per heavy atom.